The molecule has 0 saturated heterocycles. The number of carbonyl (C=O) groups excluding carboxylic acids is 6. The molecule has 588 valence electrons. The molecule has 3 N–H and O–H groups in total. The maximum Gasteiger partial charge on any atom is 0.254 e. The van der Waals surface area contributed by atoms with E-state index in [1.54, 1.807) is 127 Å². The van der Waals surface area contributed by atoms with Crippen molar-refractivity contribution < 1.29 is 78.4 Å². The minimum atomic E-state index is -2.19. The maximum absolute atomic E-state index is 13.9. The van der Waals surface area contributed by atoms with Gasteiger partial charge in [-0.15, -0.1) is 0 Å². The number of benzene rings is 9. The summed E-state index contributed by atoms with van der Waals surface area (Å²) in [7, 11) is 0. The van der Waals surface area contributed by atoms with E-state index >= 15 is 0 Å². The number of furan rings is 3. The second-order valence-corrected chi connectivity index (χ2v) is 26.9. The number of aliphatic hydroxyl groups excluding tert-OH is 3. The highest BCUT2D eigenvalue weighted by atomic mass is 16.5. The lowest BCUT2D eigenvalue weighted by Gasteiger charge is -2.24. The first-order valence-electron chi connectivity index (χ1n) is 40.8. The van der Waals surface area contributed by atoms with Crippen LogP contribution in [0.15, 0.2) is 306 Å². The lowest BCUT2D eigenvalue weighted by molar-refractivity contribution is -0.122. The molecule has 0 aliphatic carbocycles. The molecule has 9 aromatic carbocycles. The zero-order valence-electron chi connectivity index (χ0n) is 68.7. The predicted molar refractivity (Wildman–Crippen MR) is 440 cm³/mol. The molecule has 0 aliphatic rings. The number of unbranched alkanes of at least 4 members (excludes halogenated alkanes) is 6. The van der Waals surface area contributed by atoms with Crippen molar-refractivity contribution in [1.82, 2.24) is 14.7 Å². The first kappa shape index (κ1) is 76.9. The van der Waals surface area contributed by atoms with E-state index in [0.717, 1.165) is 82.2 Å². The van der Waals surface area contributed by atoms with Gasteiger partial charge in [-0.3, -0.25) is 28.8 Å². The molecule has 114 heavy (non-hydrogen) atoms. The van der Waals surface area contributed by atoms with Crippen LogP contribution in [0.2, 0.25) is 0 Å². The average molecular weight is 1540 g/mol. The topological polar surface area (TPSA) is 240 Å². The Bertz CT molecular complexity index is 4990. The summed E-state index contributed by atoms with van der Waals surface area (Å²) in [6.07, 6.45) is 17.3. The quantitative estimate of drug-likeness (QED) is 0.0301. The van der Waals surface area contributed by atoms with Crippen LogP contribution in [0.1, 0.15) is 148 Å². The van der Waals surface area contributed by atoms with Crippen molar-refractivity contribution in [2.24, 2.45) is 0 Å². The highest BCUT2D eigenvalue weighted by molar-refractivity contribution is 5.96. The first-order valence-corrected chi connectivity index (χ1v) is 38.3. The Labute approximate surface area is 673 Å². The number of ketones is 3. The summed E-state index contributed by atoms with van der Waals surface area (Å²) in [6, 6.07) is 75.9. The third-order valence-corrected chi connectivity index (χ3v) is 18.4. The Kier molecular flexibility index (Phi) is 31.3. The van der Waals surface area contributed by atoms with Crippen LogP contribution in [-0.2, 0) is 53.5 Å². The third-order valence-electron chi connectivity index (χ3n) is 18.4. The van der Waals surface area contributed by atoms with Gasteiger partial charge in [0, 0.05) is 108 Å². The van der Waals surface area contributed by atoms with Gasteiger partial charge in [0.05, 0.1) is 64.3 Å². The standard InChI is InChI=1S/3C32H33NO5/c3*34-23-30(35)12-5-2-8-19-38-31-13-7-6-11-28(31)22-33(21-25-9-3-1-4-10-25)32(36)27-16-14-26(15-17-27)29-18-20-37-24-29/h3*1,3-4,6-7,9-11,13-18,20,24,34H,2,5,8,12,19,21-23H2/i22D2;21D2;21D. The van der Waals surface area contributed by atoms with E-state index in [0.29, 0.717) is 110 Å². The van der Waals surface area contributed by atoms with Gasteiger partial charge in [0.1, 0.15) is 37.1 Å². The van der Waals surface area contributed by atoms with Gasteiger partial charge < -0.3 is 57.5 Å². The molecular formula is C96H99N3O15. The molecule has 0 fully saturated rings. The fraction of sp³-hybridized carbons (Fsp3) is 0.250. The van der Waals surface area contributed by atoms with Gasteiger partial charge in [0.25, 0.3) is 17.7 Å². The van der Waals surface area contributed by atoms with E-state index in [-0.39, 0.29) is 48.5 Å². The number of rotatable bonds is 42. The van der Waals surface area contributed by atoms with Crippen molar-refractivity contribution in [2.45, 2.75) is 116 Å². The van der Waals surface area contributed by atoms with Crippen LogP contribution in [0.5, 0.6) is 17.2 Å². The van der Waals surface area contributed by atoms with Crippen LogP contribution in [0.3, 0.4) is 0 Å². The summed E-state index contributed by atoms with van der Waals surface area (Å²) in [6.45, 7) is -5.01. The molecule has 1 atom stereocenters. The van der Waals surface area contributed by atoms with Gasteiger partial charge in [-0.05, 0) is 164 Å². The molecule has 0 saturated carbocycles. The van der Waals surface area contributed by atoms with Crippen LogP contribution in [-0.4, -0.2) is 105 Å². The number of hydrogen-bond donors (Lipinski definition) is 3. The van der Waals surface area contributed by atoms with Crippen molar-refractivity contribution in [2.75, 3.05) is 39.6 Å². The largest absolute Gasteiger partial charge is 0.493 e. The van der Waals surface area contributed by atoms with Crippen LogP contribution in [0.4, 0.5) is 0 Å². The summed E-state index contributed by atoms with van der Waals surface area (Å²) in [5, 5.41) is 26.5. The number of carbonyl (C=O) groups is 6. The lowest BCUT2D eigenvalue weighted by Crippen LogP contribution is -2.30. The third kappa shape index (κ3) is 27.2. The minimum Gasteiger partial charge on any atom is -0.493 e. The molecule has 12 aromatic rings. The highest BCUT2D eigenvalue weighted by Gasteiger charge is 2.23. The van der Waals surface area contributed by atoms with Crippen molar-refractivity contribution in [3.8, 4) is 50.6 Å². The molecule has 3 aromatic heterocycles. The SMILES string of the molecule is [2H]C([2H])(c1ccccc1)N(Cc1ccccc1OCCCCCC(=O)CO)C(=O)c1ccc(-c2ccoc2)cc1.[2H]C([2H])(c1ccccc1OCCCCCC(=O)CO)N(Cc1ccccc1)C(=O)c1ccc(-c2ccoc2)cc1.[2H]C(c1ccccc1)N(Cc1ccccc1OCCCCCC(=O)CO)C(=O)c1ccc(-c2ccoc2)cc1. The van der Waals surface area contributed by atoms with Crippen molar-refractivity contribution in [3.63, 3.8) is 0 Å². The van der Waals surface area contributed by atoms with Gasteiger partial charge in [-0.25, -0.2) is 0 Å². The Hall–Kier alpha value is -12.5. The normalized spacial score (nSPS) is 11.9. The zero-order valence-corrected chi connectivity index (χ0v) is 63.7. The molecule has 0 radical (unpaired) electrons. The molecular weight excluding hydrogens is 1440 g/mol. The minimum absolute atomic E-state index is 0.00855. The summed E-state index contributed by atoms with van der Waals surface area (Å²) < 4.78 is 78.9. The second kappa shape index (κ2) is 46.4. The molecule has 0 aliphatic heterocycles. The smallest absolute Gasteiger partial charge is 0.254 e. The van der Waals surface area contributed by atoms with Crippen LogP contribution >= 0.6 is 0 Å². The lowest BCUT2D eigenvalue weighted by atomic mass is 10.1. The van der Waals surface area contributed by atoms with Crippen molar-refractivity contribution >= 4 is 35.1 Å². The summed E-state index contributed by atoms with van der Waals surface area (Å²) >= 11 is 0. The van der Waals surface area contributed by atoms with E-state index in [2.05, 4.69) is 0 Å². The van der Waals surface area contributed by atoms with Crippen LogP contribution in [0, 0.1) is 0 Å². The van der Waals surface area contributed by atoms with Gasteiger partial charge >= 0.3 is 0 Å². The molecule has 0 spiro atoms. The van der Waals surface area contributed by atoms with Crippen LogP contribution in [0.25, 0.3) is 33.4 Å². The molecule has 18 heteroatoms. The fourth-order valence-corrected chi connectivity index (χ4v) is 12.2. The number of ether oxygens (including phenoxy) is 3. The van der Waals surface area contributed by atoms with Gasteiger partial charge in [-0.2, -0.15) is 0 Å². The van der Waals surface area contributed by atoms with E-state index < -0.39 is 51.1 Å². The zero-order chi connectivity index (χ0) is 84.2. The van der Waals surface area contributed by atoms with Crippen molar-refractivity contribution in [1.29, 1.82) is 0 Å². The highest BCUT2D eigenvalue weighted by Crippen LogP contribution is 2.30. The van der Waals surface area contributed by atoms with E-state index in [4.69, 9.17) is 46.9 Å². The van der Waals surface area contributed by atoms with Gasteiger partial charge in [0.15, 0.2) is 17.3 Å². The van der Waals surface area contributed by atoms with E-state index in [1.165, 1.54) is 9.80 Å². The van der Waals surface area contributed by atoms with E-state index in [1.807, 2.05) is 170 Å². The first-order chi connectivity index (χ1) is 57.9. The Morgan fingerprint density at radius 2 is 0.614 bits per heavy atom. The predicted octanol–water partition coefficient (Wildman–Crippen LogP) is 18.9. The fourth-order valence-electron chi connectivity index (χ4n) is 12.2. The molecule has 0 bridgehead atoms. The molecule has 18 nitrogen and oxygen atoms in total. The number of aliphatic hydroxyl groups is 3. The Balaban J connectivity index is 0.000000188. The Morgan fingerprint density at radius 1 is 0.298 bits per heavy atom. The number of nitrogens with zero attached hydrogens (tertiary/aromatic N) is 3. The maximum atomic E-state index is 13.9. The molecule has 3 amide bonds. The summed E-state index contributed by atoms with van der Waals surface area (Å²) in [5.74, 6) is -0.0414. The van der Waals surface area contributed by atoms with E-state index in [9.17, 15) is 31.5 Å². The van der Waals surface area contributed by atoms with Gasteiger partial charge in [-0.1, -0.05) is 182 Å². The second-order valence-electron chi connectivity index (χ2n) is 26.9. The van der Waals surface area contributed by atoms with Gasteiger partial charge in [0.2, 0.25) is 0 Å². The molecule has 3 heterocycles. The monoisotopic (exact) mass is 1540 g/mol. The van der Waals surface area contributed by atoms with Crippen LogP contribution < -0.4 is 14.2 Å². The number of amides is 3. The summed E-state index contributed by atoms with van der Waals surface area (Å²) in [4.78, 5) is 79.4. The van der Waals surface area contributed by atoms with Crippen molar-refractivity contribution in [3.05, 3.63) is 342 Å². The summed E-state index contributed by atoms with van der Waals surface area (Å²) in [5.41, 5.74) is 10.3. The average Bonchev–Trinajstić information content (AvgIpc) is 0.825. The molecule has 12 rings (SSSR count). The number of para-hydroxylation sites is 3. The number of hydrogen-bond acceptors (Lipinski definition) is 15. The molecule has 1 unspecified atom stereocenters. The number of Topliss-reactive ketones (excluding diaryl/α,β-unsaturated/α-hetero) is 3. The Morgan fingerprint density at radius 3 is 0.982 bits per heavy atom.